The van der Waals surface area contributed by atoms with E-state index in [0.717, 1.165) is 12.8 Å². The Hall–Kier alpha value is -0.200. The second kappa shape index (κ2) is 5.93. The van der Waals surface area contributed by atoms with Crippen LogP contribution in [0.3, 0.4) is 0 Å². The molecule has 1 unspecified atom stereocenters. The Balaban J connectivity index is 5.01. The summed E-state index contributed by atoms with van der Waals surface area (Å²) in [5.74, 6) is 0. The van der Waals surface area contributed by atoms with E-state index in [1.807, 2.05) is 20.8 Å². The summed E-state index contributed by atoms with van der Waals surface area (Å²) in [5, 5.41) is -0.778. The number of hydrogen-bond acceptors (Lipinski definition) is 3. The van der Waals surface area contributed by atoms with Gasteiger partial charge in [-0.15, -0.1) is 0 Å². The fraction of sp³-hybridized carbons (Fsp3) is 0.900. The van der Waals surface area contributed by atoms with Gasteiger partial charge in [0.2, 0.25) is 10.0 Å². The Morgan fingerprint density at radius 3 is 2.06 bits per heavy atom. The van der Waals surface area contributed by atoms with Crippen LogP contribution in [0.1, 0.15) is 47.0 Å². The molecule has 0 heterocycles. The van der Waals surface area contributed by atoms with Crippen molar-refractivity contribution in [2.24, 2.45) is 5.73 Å². The molecule has 0 spiro atoms. The van der Waals surface area contributed by atoms with Crippen molar-refractivity contribution < 1.29 is 8.42 Å². The van der Waals surface area contributed by atoms with E-state index in [1.54, 1.807) is 6.92 Å². The third kappa shape index (κ3) is 3.99. The number of nitrogens with one attached hydrogen (secondary N) is 1. The molecule has 0 amide bonds. The van der Waals surface area contributed by atoms with Crippen LogP contribution in [0, 0.1) is 0 Å². The fourth-order valence-corrected chi connectivity index (χ4v) is 3.79. The minimum Gasteiger partial charge on any atom is -0.392 e. The van der Waals surface area contributed by atoms with E-state index in [-0.39, 0.29) is 4.99 Å². The van der Waals surface area contributed by atoms with Gasteiger partial charge in [0.1, 0.15) is 5.25 Å². The summed E-state index contributed by atoms with van der Waals surface area (Å²) in [7, 11) is -3.47. The maximum atomic E-state index is 12.1. The Bertz CT molecular complexity index is 335. The zero-order chi connectivity index (χ0) is 13.0. The molecule has 0 aromatic rings. The molecule has 0 aliphatic carbocycles. The van der Waals surface area contributed by atoms with Crippen molar-refractivity contribution in [3.05, 3.63) is 0 Å². The predicted octanol–water partition coefficient (Wildman–Crippen LogP) is 1.55. The van der Waals surface area contributed by atoms with Crippen molar-refractivity contribution in [2.45, 2.75) is 57.7 Å². The van der Waals surface area contributed by atoms with Gasteiger partial charge in [-0.1, -0.05) is 33.0 Å². The first kappa shape index (κ1) is 15.8. The highest BCUT2D eigenvalue weighted by Gasteiger charge is 2.32. The topological polar surface area (TPSA) is 72.2 Å². The molecule has 0 aliphatic heterocycles. The molecule has 96 valence electrons. The van der Waals surface area contributed by atoms with Crippen LogP contribution >= 0.6 is 12.2 Å². The Kier molecular flexibility index (Phi) is 5.86. The van der Waals surface area contributed by atoms with Crippen LogP contribution in [-0.2, 0) is 10.0 Å². The Morgan fingerprint density at radius 2 is 1.81 bits per heavy atom. The van der Waals surface area contributed by atoms with Gasteiger partial charge in [-0.05, 0) is 26.2 Å². The van der Waals surface area contributed by atoms with Crippen LogP contribution in [0.15, 0.2) is 0 Å². The third-order valence-corrected chi connectivity index (χ3v) is 5.56. The van der Waals surface area contributed by atoms with Crippen molar-refractivity contribution >= 4 is 27.2 Å². The van der Waals surface area contributed by atoms with E-state index in [2.05, 4.69) is 4.72 Å². The molecule has 0 radical (unpaired) electrons. The maximum Gasteiger partial charge on any atom is 0.221 e. The summed E-state index contributed by atoms with van der Waals surface area (Å²) < 4.78 is 26.8. The van der Waals surface area contributed by atoms with Gasteiger partial charge < -0.3 is 5.73 Å². The minimum absolute atomic E-state index is 0.0320. The molecule has 0 aromatic heterocycles. The van der Waals surface area contributed by atoms with E-state index in [4.69, 9.17) is 18.0 Å². The number of nitrogens with two attached hydrogens (primary N) is 1. The highest BCUT2D eigenvalue weighted by Crippen LogP contribution is 2.17. The van der Waals surface area contributed by atoms with Crippen LogP contribution in [0.2, 0.25) is 0 Å². The first-order valence-corrected chi connectivity index (χ1v) is 7.50. The van der Waals surface area contributed by atoms with Crippen molar-refractivity contribution in [3.8, 4) is 0 Å². The van der Waals surface area contributed by atoms with Crippen LogP contribution in [0.5, 0.6) is 0 Å². The van der Waals surface area contributed by atoms with E-state index < -0.39 is 20.8 Å². The van der Waals surface area contributed by atoms with E-state index >= 15 is 0 Å². The minimum atomic E-state index is -3.47. The lowest BCUT2D eigenvalue weighted by atomic mass is 9.98. The lowest BCUT2D eigenvalue weighted by Gasteiger charge is -2.30. The van der Waals surface area contributed by atoms with Gasteiger partial charge in [0.15, 0.2) is 0 Å². The standard InChI is InChI=1S/C10H22N2O2S2/c1-5-8(9(11)15)16(13,14)12-10(4,6-2)7-3/h8,12H,5-7H2,1-4H3,(H2,11,15). The van der Waals surface area contributed by atoms with Gasteiger partial charge in [-0.2, -0.15) is 0 Å². The molecule has 0 aliphatic rings. The van der Waals surface area contributed by atoms with Crippen molar-refractivity contribution in [1.82, 2.24) is 4.72 Å². The monoisotopic (exact) mass is 266 g/mol. The molecule has 6 heteroatoms. The summed E-state index contributed by atoms with van der Waals surface area (Å²) >= 11 is 4.78. The van der Waals surface area contributed by atoms with Crippen molar-refractivity contribution in [3.63, 3.8) is 0 Å². The molecular formula is C10H22N2O2S2. The van der Waals surface area contributed by atoms with Crippen LogP contribution in [0.25, 0.3) is 0 Å². The zero-order valence-electron chi connectivity index (χ0n) is 10.4. The number of thiocarbonyl (C=S) groups is 1. The first-order valence-electron chi connectivity index (χ1n) is 5.54. The van der Waals surface area contributed by atoms with E-state index in [9.17, 15) is 8.42 Å². The quantitative estimate of drug-likeness (QED) is 0.686. The fourth-order valence-electron chi connectivity index (χ4n) is 1.38. The first-order chi connectivity index (χ1) is 7.22. The van der Waals surface area contributed by atoms with Gasteiger partial charge in [0, 0.05) is 5.54 Å². The smallest absolute Gasteiger partial charge is 0.221 e. The Labute approximate surface area is 104 Å². The van der Waals surface area contributed by atoms with Crippen molar-refractivity contribution in [1.29, 1.82) is 0 Å². The summed E-state index contributed by atoms with van der Waals surface area (Å²) in [6, 6.07) is 0. The van der Waals surface area contributed by atoms with Gasteiger partial charge in [0.25, 0.3) is 0 Å². The number of hydrogen-bond donors (Lipinski definition) is 2. The average molecular weight is 266 g/mol. The molecular weight excluding hydrogens is 244 g/mol. The van der Waals surface area contributed by atoms with Crippen LogP contribution in [-0.4, -0.2) is 24.2 Å². The van der Waals surface area contributed by atoms with Crippen LogP contribution < -0.4 is 10.5 Å². The normalized spacial score (nSPS) is 14.8. The molecule has 0 saturated carbocycles. The molecule has 0 bridgehead atoms. The molecule has 1 atom stereocenters. The van der Waals surface area contributed by atoms with Gasteiger partial charge in [0.05, 0.1) is 4.99 Å². The largest absolute Gasteiger partial charge is 0.392 e. The highest BCUT2D eigenvalue weighted by molar-refractivity contribution is 7.93. The summed E-state index contributed by atoms with van der Waals surface area (Å²) in [6.45, 7) is 7.55. The lowest BCUT2D eigenvalue weighted by molar-refractivity contribution is 0.387. The molecule has 0 rings (SSSR count). The highest BCUT2D eigenvalue weighted by atomic mass is 32.2. The second-order valence-corrected chi connectivity index (χ2v) is 6.55. The SMILES string of the molecule is CCC(C(N)=S)S(=O)(=O)NC(C)(CC)CC. The molecule has 0 saturated heterocycles. The van der Waals surface area contributed by atoms with Crippen LogP contribution in [0.4, 0.5) is 0 Å². The molecule has 0 aromatic carbocycles. The second-order valence-electron chi connectivity index (χ2n) is 4.21. The summed E-state index contributed by atoms with van der Waals surface area (Å²) in [4.78, 5) is 0.0320. The molecule has 4 nitrogen and oxygen atoms in total. The van der Waals surface area contributed by atoms with E-state index in [0.29, 0.717) is 6.42 Å². The molecule has 3 N–H and O–H groups in total. The average Bonchev–Trinajstić information content (AvgIpc) is 2.16. The van der Waals surface area contributed by atoms with Crippen molar-refractivity contribution in [2.75, 3.05) is 0 Å². The summed E-state index contributed by atoms with van der Waals surface area (Å²) in [6.07, 6.45) is 1.86. The van der Waals surface area contributed by atoms with Gasteiger partial charge >= 0.3 is 0 Å². The van der Waals surface area contributed by atoms with E-state index in [1.165, 1.54) is 0 Å². The predicted molar refractivity (Wildman–Crippen MR) is 71.9 cm³/mol. The lowest BCUT2D eigenvalue weighted by Crippen LogP contribution is -2.51. The maximum absolute atomic E-state index is 12.1. The molecule has 16 heavy (non-hydrogen) atoms. The third-order valence-electron chi connectivity index (χ3n) is 3.01. The van der Waals surface area contributed by atoms with Gasteiger partial charge in [-0.25, -0.2) is 13.1 Å². The van der Waals surface area contributed by atoms with Gasteiger partial charge in [-0.3, -0.25) is 0 Å². The summed E-state index contributed by atoms with van der Waals surface area (Å²) in [5.41, 5.74) is 5.03. The zero-order valence-corrected chi connectivity index (χ0v) is 12.0. The number of rotatable bonds is 7. The number of sulfonamides is 1. The Morgan fingerprint density at radius 1 is 1.38 bits per heavy atom. The molecule has 0 fully saturated rings.